The molecule has 0 rings (SSSR count). The average Bonchev–Trinajstić information content (AvgIpc) is 2.61. The highest BCUT2D eigenvalue weighted by molar-refractivity contribution is 4.91. The minimum absolute atomic E-state index is 0.0576. The quantitative estimate of drug-likeness (QED) is 0.198. The maximum Gasteiger partial charge on any atom is 0.0449 e. The summed E-state index contributed by atoms with van der Waals surface area (Å²) in [6, 6.07) is -0.0576. The average molecular weight is 369 g/mol. The molecule has 26 heavy (non-hydrogen) atoms. The van der Waals surface area contributed by atoms with Crippen LogP contribution in [-0.2, 0) is 0 Å². The van der Waals surface area contributed by atoms with Crippen molar-refractivity contribution in [1.82, 2.24) is 0 Å². The zero-order valence-corrected chi connectivity index (χ0v) is 17.9. The number of hydrogen-bond acceptors (Lipinski definition) is 3. The minimum Gasteiger partial charge on any atom is -0.396 e. The summed E-state index contributed by atoms with van der Waals surface area (Å²) in [6.07, 6.45) is 24.7. The summed E-state index contributed by atoms with van der Waals surface area (Å²) >= 11 is 0. The summed E-state index contributed by atoms with van der Waals surface area (Å²) in [4.78, 5) is 0. The fourth-order valence-electron chi connectivity index (χ4n) is 3.49. The van der Waals surface area contributed by atoms with Crippen LogP contribution in [0.4, 0.5) is 0 Å². The number of hydrogen-bond donors (Lipinski definition) is 3. The van der Waals surface area contributed by atoms with Gasteiger partial charge in [-0.25, -0.2) is 0 Å². The van der Waals surface area contributed by atoms with Gasteiger partial charge in [0.2, 0.25) is 0 Å². The molecule has 2 unspecified atom stereocenters. The van der Waals surface area contributed by atoms with Crippen LogP contribution >= 0.6 is 0 Å². The Balaban J connectivity index is 3.39. The summed E-state index contributed by atoms with van der Waals surface area (Å²) in [5.74, 6) is 0. The van der Waals surface area contributed by atoms with Gasteiger partial charge in [-0.15, -0.1) is 0 Å². The molecule has 0 saturated carbocycles. The predicted molar refractivity (Wildman–Crippen MR) is 116 cm³/mol. The number of nitrogens with two attached hydrogens (primary N) is 2. The molecule has 5 N–H and O–H groups in total. The fraction of sp³-hybridized carbons (Fsp3) is 0.913. The molecule has 0 fully saturated rings. The van der Waals surface area contributed by atoms with Crippen LogP contribution in [0.15, 0.2) is 12.2 Å². The molecule has 0 spiro atoms. The molecule has 0 bridgehead atoms. The van der Waals surface area contributed by atoms with Crippen LogP contribution in [0.2, 0.25) is 0 Å². The van der Waals surface area contributed by atoms with Crippen LogP contribution in [0.1, 0.15) is 117 Å². The number of aliphatic hydroxyl groups is 1. The lowest BCUT2D eigenvalue weighted by atomic mass is 9.84. The molecule has 3 heteroatoms. The third-order valence-electron chi connectivity index (χ3n) is 5.64. The third-order valence-corrected chi connectivity index (χ3v) is 5.64. The topological polar surface area (TPSA) is 72.3 Å². The van der Waals surface area contributed by atoms with E-state index < -0.39 is 5.54 Å². The van der Waals surface area contributed by atoms with Crippen LogP contribution in [0, 0.1) is 0 Å². The van der Waals surface area contributed by atoms with Crippen molar-refractivity contribution >= 4 is 0 Å². The Labute approximate surface area is 164 Å². The van der Waals surface area contributed by atoms with Crippen molar-refractivity contribution in [3.63, 3.8) is 0 Å². The maximum absolute atomic E-state index is 9.14. The predicted octanol–water partition coefficient (Wildman–Crippen LogP) is 5.84. The molecule has 0 saturated heterocycles. The van der Waals surface area contributed by atoms with Gasteiger partial charge < -0.3 is 16.6 Å². The molecule has 0 aliphatic carbocycles. The van der Waals surface area contributed by atoms with E-state index in [9.17, 15) is 0 Å². The van der Waals surface area contributed by atoms with Crippen molar-refractivity contribution < 1.29 is 5.11 Å². The van der Waals surface area contributed by atoms with Gasteiger partial charge in [-0.05, 0) is 45.4 Å². The lowest BCUT2D eigenvalue weighted by Crippen LogP contribution is -2.54. The first-order valence-electron chi connectivity index (χ1n) is 11.4. The fourth-order valence-corrected chi connectivity index (χ4v) is 3.49. The van der Waals surface area contributed by atoms with Crippen molar-refractivity contribution in [3.05, 3.63) is 12.2 Å². The molecule has 0 aromatic heterocycles. The Bertz CT molecular complexity index is 317. The van der Waals surface area contributed by atoms with Gasteiger partial charge in [-0.2, -0.15) is 0 Å². The zero-order chi connectivity index (χ0) is 19.5. The summed E-state index contributed by atoms with van der Waals surface area (Å²) < 4.78 is 0. The molecule has 2 atom stereocenters. The standard InChI is InChI=1S/C23H48N2O/c1-3-4-5-6-7-8-9-10-11-12-13-14-15-16-17-18-19-23(25,20-21-26)22(2)24/h10-11,22,26H,3-9,12-21,24-25H2,1-2H3/b11-10-. The molecular weight excluding hydrogens is 320 g/mol. The Morgan fingerprint density at radius 2 is 1.23 bits per heavy atom. The van der Waals surface area contributed by atoms with Crippen LogP contribution < -0.4 is 11.5 Å². The number of unbranched alkanes of at least 4 members (excludes halogenated alkanes) is 12. The second kappa shape index (κ2) is 18.0. The number of allylic oxidation sites excluding steroid dienone is 2. The second-order valence-corrected chi connectivity index (χ2v) is 8.18. The zero-order valence-electron chi connectivity index (χ0n) is 17.9. The number of aliphatic hydroxyl groups excluding tert-OH is 1. The van der Waals surface area contributed by atoms with E-state index in [4.69, 9.17) is 16.6 Å². The number of rotatable bonds is 19. The Morgan fingerprint density at radius 1 is 0.769 bits per heavy atom. The van der Waals surface area contributed by atoms with E-state index in [2.05, 4.69) is 19.1 Å². The Hall–Kier alpha value is -0.380. The van der Waals surface area contributed by atoms with Gasteiger partial charge >= 0.3 is 0 Å². The minimum atomic E-state index is -0.393. The maximum atomic E-state index is 9.14. The molecule has 3 nitrogen and oxygen atoms in total. The van der Waals surface area contributed by atoms with E-state index in [1.165, 1.54) is 83.5 Å². The monoisotopic (exact) mass is 368 g/mol. The van der Waals surface area contributed by atoms with Gasteiger partial charge in [0.15, 0.2) is 0 Å². The largest absolute Gasteiger partial charge is 0.396 e. The van der Waals surface area contributed by atoms with E-state index in [0.29, 0.717) is 6.42 Å². The lowest BCUT2D eigenvalue weighted by molar-refractivity contribution is 0.209. The van der Waals surface area contributed by atoms with Crippen molar-refractivity contribution in [1.29, 1.82) is 0 Å². The van der Waals surface area contributed by atoms with E-state index in [0.717, 1.165) is 12.8 Å². The molecule has 156 valence electrons. The van der Waals surface area contributed by atoms with Gasteiger partial charge in [0.1, 0.15) is 0 Å². The molecule has 0 aromatic carbocycles. The van der Waals surface area contributed by atoms with Crippen LogP contribution in [0.5, 0.6) is 0 Å². The van der Waals surface area contributed by atoms with Gasteiger partial charge in [0, 0.05) is 18.2 Å². The van der Waals surface area contributed by atoms with E-state index in [1.54, 1.807) is 0 Å². The molecular formula is C23H48N2O. The summed E-state index contributed by atoms with van der Waals surface area (Å²) in [6.45, 7) is 4.36. The van der Waals surface area contributed by atoms with E-state index in [-0.39, 0.29) is 12.6 Å². The first kappa shape index (κ1) is 25.6. The molecule has 0 aliphatic heterocycles. The lowest BCUT2D eigenvalue weighted by Gasteiger charge is -2.33. The highest BCUT2D eigenvalue weighted by atomic mass is 16.3. The van der Waals surface area contributed by atoms with E-state index in [1.807, 2.05) is 6.92 Å². The van der Waals surface area contributed by atoms with Gasteiger partial charge in [0.25, 0.3) is 0 Å². The van der Waals surface area contributed by atoms with Gasteiger partial charge in [0.05, 0.1) is 0 Å². The van der Waals surface area contributed by atoms with Gasteiger partial charge in [-0.1, -0.05) is 83.3 Å². The summed E-state index contributed by atoms with van der Waals surface area (Å²) in [7, 11) is 0. The van der Waals surface area contributed by atoms with Crippen molar-refractivity contribution in [2.24, 2.45) is 11.5 Å². The highest BCUT2D eigenvalue weighted by Gasteiger charge is 2.28. The molecule has 0 heterocycles. The Kier molecular flexibility index (Phi) is 17.7. The highest BCUT2D eigenvalue weighted by Crippen LogP contribution is 2.20. The first-order chi connectivity index (χ1) is 12.6. The smallest absolute Gasteiger partial charge is 0.0449 e. The molecule has 0 amide bonds. The van der Waals surface area contributed by atoms with Crippen LogP contribution in [0.25, 0.3) is 0 Å². The van der Waals surface area contributed by atoms with E-state index >= 15 is 0 Å². The Morgan fingerprint density at radius 3 is 1.69 bits per heavy atom. The second-order valence-electron chi connectivity index (χ2n) is 8.18. The van der Waals surface area contributed by atoms with Crippen molar-refractivity contribution in [3.8, 4) is 0 Å². The van der Waals surface area contributed by atoms with Crippen molar-refractivity contribution in [2.75, 3.05) is 6.61 Å². The molecule has 0 aromatic rings. The summed E-state index contributed by atoms with van der Waals surface area (Å²) in [5.41, 5.74) is 11.9. The van der Waals surface area contributed by atoms with Gasteiger partial charge in [-0.3, -0.25) is 0 Å². The third kappa shape index (κ3) is 14.8. The first-order valence-corrected chi connectivity index (χ1v) is 11.4. The summed E-state index contributed by atoms with van der Waals surface area (Å²) in [5, 5.41) is 9.14. The van der Waals surface area contributed by atoms with Crippen LogP contribution in [-0.4, -0.2) is 23.3 Å². The normalized spacial score (nSPS) is 15.4. The SMILES string of the molecule is CCCCCCCC/C=C\CCCCCCCCC(N)(CCO)C(C)N. The molecule has 0 aliphatic rings. The van der Waals surface area contributed by atoms with Crippen LogP contribution in [0.3, 0.4) is 0 Å². The molecule has 0 radical (unpaired) electrons. The van der Waals surface area contributed by atoms with Crippen molar-refractivity contribution in [2.45, 2.75) is 128 Å².